The highest BCUT2D eigenvalue weighted by Gasteiger charge is 2.21. The molecule has 0 unspecified atom stereocenters. The fourth-order valence-electron chi connectivity index (χ4n) is 3.12. The minimum absolute atomic E-state index is 0.195. The minimum Gasteiger partial charge on any atom is -0.467 e. The Labute approximate surface area is 177 Å². The number of carbonyl (C=O) groups excluding carboxylic acids is 2. The lowest BCUT2D eigenvalue weighted by Gasteiger charge is -2.15. The summed E-state index contributed by atoms with van der Waals surface area (Å²) in [6.07, 6.45) is 0.502. The molecule has 4 rings (SSSR count). The summed E-state index contributed by atoms with van der Waals surface area (Å²) in [6, 6.07) is 18.0. The molecule has 0 aliphatic carbocycles. The molecule has 4 aromatic rings. The van der Waals surface area contributed by atoms with Gasteiger partial charge in [0.2, 0.25) is 0 Å². The fourth-order valence-corrected chi connectivity index (χ4v) is 3.12. The van der Waals surface area contributed by atoms with E-state index < -0.39 is 18.0 Å². The number of furan rings is 1. The summed E-state index contributed by atoms with van der Waals surface area (Å²) in [7, 11) is 0. The molecule has 0 saturated heterocycles. The predicted octanol–water partition coefficient (Wildman–Crippen LogP) is 4.50. The number of carbonyl (C=O) groups is 2. The maximum Gasteiger partial charge on any atom is 0.339 e. The highest BCUT2D eigenvalue weighted by Crippen LogP contribution is 2.26. The molecule has 0 spiro atoms. The standard InChI is InChI=1S/C24H19FN2O4/c1-15(23(28)26-14-18-5-4-12-30-18)31-24(29)20-13-22(16-8-10-17(25)11-9-16)27-21-7-3-2-6-19(20)21/h2-13,15H,14H2,1H3,(H,26,28)/t15-/m1/s1. The molecule has 7 heteroatoms. The third-order valence-corrected chi connectivity index (χ3v) is 4.75. The quantitative estimate of drug-likeness (QED) is 0.467. The van der Waals surface area contributed by atoms with Crippen LogP contribution in [-0.2, 0) is 16.1 Å². The average molecular weight is 418 g/mol. The number of rotatable bonds is 6. The Morgan fingerprint density at radius 2 is 1.87 bits per heavy atom. The number of benzene rings is 2. The lowest BCUT2D eigenvalue weighted by molar-refractivity contribution is -0.129. The maximum absolute atomic E-state index is 13.3. The second kappa shape index (κ2) is 8.79. The number of nitrogens with one attached hydrogen (secondary N) is 1. The van der Waals surface area contributed by atoms with Crippen LogP contribution in [0.25, 0.3) is 22.2 Å². The van der Waals surface area contributed by atoms with Gasteiger partial charge in [0.1, 0.15) is 11.6 Å². The number of fused-ring (bicyclic) bond motifs is 1. The minimum atomic E-state index is -1.01. The van der Waals surface area contributed by atoms with Crippen LogP contribution < -0.4 is 5.32 Å². The molecule has 0 aliphatic heterocycles. The zero-order chi connectivity index (χ0) is 21.8. The topological polar surface area (TPSA) is 81.4 Å². The van der Waals surface area contributed by atoms with Gasteiger partial charge in [-0.05, 0) is 55.5 Å². The van der Waals surface area contributed by atoms with Crippen molar-refractivity contribution in [1.29, 1.82) is 0 Å². The number of para-hydroxylation sites is 1. The first-order valence-corrected chi connectivity index (χ1v) is 9.68. The molecule has 2 heterocycles. The Kier molecular flexibility index (Phi) is 5.75. The zero-order valence-electron chi connectivity index (χ0n) is 16.7. The van der Waals surface area contributed by atoms with Crippen LogP contribution in [0.5, 0.6) is 0 Å². The van der Waals surface area contributed by atoms with Crippen molar-refractivity contribution in [3.05, 3.63) is 90.1 Å². The van der Waals surface area contributed by atoms with Gasteiger partial charge in [-0.15, -0.1) is 0 Å². The number of hydrogen-bond acceptors (Lipinski definition) is 5. The lowest BCUT2D eigenvalue weighted by Crippen LogP contribution is -2.35. The summed E-state index contributed by atoms with van der Waals surface area (Å²) < 4.78 is 23.9. The normalized spacial score (nSPS) is 11.8. The smallest absolute Gasteiger partial charge is 0.339 e. The van der Waals surface area contributed by atoms with Crippen molar-refractivity contribution >= 4 is 22.8 Å². The van der Waals surface area contributed by atoms with Crippen LogP contribution in [0, 0.1) is 5.82 Å². The molecule has 156 valence electrons. The molecule has 0 radical (unpaired) electrons. The van der Waals surface area contributed by atoms with E-state index >= 15 is 0 Å². The van der Waals surface area contributed by atoms with Crippen LogP contribution in [0.1, 0.15) is 23.0 Å². The molecule has 6 nitrogen and oxygen atoms in total. The van der Waals surface area contributed by atoms with Crippen LogP contribution in [0.4, 0.5) is 4.39 Å². The highest BCUT2D eigenvalue weighted by atomic mass is 19.1. The molecule has 1 atom stereocenters. The van der Waals surface area contributed by atoms with Gasteiger partial charge >= 0.3 is 5.97 Å². The molecule has 0 aliphatic rings. The van der Waals surface area contributed by atoms with Crippen LogP contribution >= 0.6 is 0 Å². The van der Waals surface area contributed by atoms with Crippen molar-refractivity contribution in [2.24, 2.45) is 0 Å². The van der Waals surface area contributed by atoms with Crippen molar-refractivity contribution < 1.29 is 23.1 Å². The number of halogens is 1. The molecular weight excluding hydrogens is 399 g/mol. The first kappa shape index (κ1) is 20.3. The van der Waals surface area contributed by atoms with Crippen molar-refractivity contribution in [3.8, 4) is 11.3 Å². The molecule has 31 heavy (non-hydrogen) atoms. The molecule has 2 aromatic carbocycles. The van der Waals surface area contributed by atoms with Crippen LogP contribution in [0.2, 0.25) is 0 Å². The number of nitrogens with zero attached hydrogens (tertiary/aromatic N) is 1. The van der Waals surface area contributed by atoms with Gasteiger partial charge in [-0.3, -0.25) is 4.79 Å². The highest BCUT2D eigenvalue weighted by molar-refractivity contribution is 6.05. The summed E-state index contributed by atoms with van der Waals surface area (Å²) in [5.74, 6) is -0.862. The molecule has 2 aromatic heterocycles. The first-order chi connectivity index (χ1) is 15.0. The number of ether oxygens (including phenoxy) is 1. The number of esters is 1. The van der Waals surface area contributed by atoms with E-state index in [2.05, 4.69) is 10.3 Å². The first-order valence-electron chi connectivity index (χ1n) is 9.68. The SMILES string of the molecule is C[C@@H](OC(=O)c1cc(-c2ccc(F)cc2)nc2ccccc12)C(=O)NCc1ccco1. The van der Waals surface area contributed by atoms with E-state index in [9.17, 15) is 14.0 Å². The number of amides is 1. The van der Waals surface area contributed by atoms with Crippen molar-refractivity contribution in [3.63, 3.8) is 0 Å². The van der Waals surface area contributed by atoms with Crippen LogP contribution in [0.3, 0.4) is 0 Å². The van der Waals surface area contributed by atoms with Gasteiger partial charge in [0.05, 0.1) is 29.6 Å². The van der Waals surface area contributed by atoms with E-state index in [0.717, 1.165) is 0 Å². The summed E-state index contributed by atoms with van der Waals surface area (Å²) in [4.78, 5) is 29.8. The Morgan fingerprint density at radius 3 is 2.61 bits per heavy atom. The molecular formula is C24H19FN2O4. The Balaban J connectivity index is 1.57. The zero-order valence-corrected chi connectivity index (χ0v) is 16.7. The van der Waals surface area contributed by atoms with Gasteiger partial charge in [-0.1, -0.05) is 18.2 Å². The van der Waals surface area contributed by atoms with E-state index in [1.54, 1.807) is 48.5 Å². The summed E-state index contributed by atoms with van der Waals surface area (Å²) in [5.41, 5.74) is 2.02. The number of hydrogen-bond donors (Lipinski definition) is 1. The van der Waals surface area contributed by atoms with E-state index in [1.807, 2.05) is 6.07 Å². The van der Waals surface area contributed by atoms with Gasteiger partial charge < -0.3 is 14.5 Å². The predicted molar refractivity (Wildman–Crippen MR) is 113 cm³/mol. The van der Waals surface area contributed by atoms with Gasteiger partial charge in [-0.2, -0.15) is 0 Å². The van der Waals surface area contributed by atoms with Gasteiger partial charge in [-0.25, -0.2) is 14.2 Å². The van der Waals surface area contributed by atoms with Gasteiger partial charge in [0.15, 0.2) is 6.10 Å². The molecule has 0 saturated carbocycles. The summed E-state index contributed by atoms with van der Waals surface area (Å²) >= 11 is 0. The molecule has 1 amide bonds. The Morgan fingerprint density at radius 1 is 1.10 bits per heavy atom. The van der Waals surface area contributed by atoms with Crippen molar-refractivity contribution in [2.45, 2.75) is 19.6 Å². The third-order valence-electron chi connectivity index (χ3n) is 4.75. The van der Waals surface area contributed by atoms with E-state index in [-0.39, 0.29) is 17.9 Å². The third kappa shape index (κ3) is 4.61. The van der Waals surface area contributed by atoms with Gasteiger partial charge in [0, 0.05) is 10.9 Å². The van der Waals surface area contributed by atoms with Crippen LogP contribution in [-0.4, -0.2) is 23.0 Å². The number of aromatic nitrogens is 1. The van der Waals surface area contributed by atoms with Crippen molar-refractivity contribution in [1.82, 2.24) is 10.3 Å². The second-order valence-electron chi connectivity index (χ2n) is 6.92. The maximum atomic E-state index is 13.3. The average Bonchev–Trinajstić information content (AvgIpc) is 3.30. The Bertz CT molecular complexity index is 1220. The number of pyridine rings is 1. The molecule has 1 N–H and O–H groups in total. The second-order valence-corrected chi connectivity index (χ2v) is 6.92. The summed E-state index contributed by atoms with van der Waals surface area (Å²) in [5, 5.41) is 3.26. The lowest BCUT2D eigenvalue weighted by atomic mass is 10.0. The van der Waals surface area contributed by atoms with E-state index in [1.165, 1.54) is 25.3 Å². The van der Waals surface area contributed by atoms with E-state index in [0.29, 0.717) is 27.9 Å². The summed E-state index contributed by atoms with van der Waals surface area (Å²) in [6.45, 7) is 1.69. The van der Waals surface area contributed by atoms with E-state index in [4.69, 9.17) is 9.15 Å². The largest absolute Gasteiger partial charge is 0.467 e. The fraction of sp³-hybridized carbons (Fsp3) is 0.125. The monoisotopic (exact) mass is 418 g/mol. The van der Waals surface area contributed by atoms with Crippen molar-refractivity contribution in [2.75, 3.05) is 0 Å². The Hall–Kier alpha value is -4.00. The van der Waals surface area contributed by atoms with Crippen LogP contribution in [0.15, 0.2) is 77.4 Å². The van der Waals surface area contributed by atoms with Gasteiger partial charge in [0.25, 0.3) is 5.91 Å². The molecule has 0 fully saturated rings. The molecule has 0 bridgehead atoms.